The summed E-state index contributed by atoms with van der Waals surface area (Å²) in [6, 6.07) is 8.35. The van der Waals surface area contributed by atoms with Gasteiger partial charge in [-0.1, -0.05) is 12.1 Å². The lowest BCUT2D eigenvalue weighted by atomic mass is 10.2. The van der Waals surface area contributed by atoms with Gasteiger partial charge in [0.05, 0.1) is 6.10 Å². The predicted octanol–water partition coefficient (Wildman–Crippen LogP) is 1.76. The van der Waals surface area contributed by atoms with Crippen molar-refractivity contribution in [3.05, 3.63) is 33.4 Å². The average molecular weight is 291 g/mol. The summed E-state index contributed by atoms with van der Waals surface area (Å²) in [6.07, 6.45) is -0.274. The van der Waals surface area contributed by atoms with E-state index in [1.165, 1.54) is 9.13 Å². The van der Waals surface area contributed by atoms with Crippen LogP contribution in [0, 0.1) is 3.57 Å². The van der Waals surface area contributed by atoms with Crippen molar-refractivity contribution in [2.24, 2.45) is 0 Å². The molecule has 0 saturated carbocycles. The van der Waals surface area contributed by atoms with E-state index in [2.05, 4.69) is 52.2 Å². The SMILES string of the molecule is CC(O)CNCc1ccc(I)cc1. The van der Waals surface area contributed by atoms with Crippen LogP contribution in [0.25, 0.3) is 0 Å². The quantitative estimate of drug-likeness (QED) is 0.829. The summed E-state index contributed by atoms with van der Waals surface area (Å²) in [5.41, 5.74) is 1.25. The fourth-order valence-electron chi connectivity index (χ4n) is 1.03. The second kappa shape index (κ2) is 5.57. The zero-order chi connectivity index (χ0) is 9.68. The van der Waals surface area contributed by atoms with E-state index < -0.39 is 0 Å². The molecule has 0 heterocycles. The first kappa shape index (κ1) is 10.9. The van der Waals surface area contributed by atoms with Crippen molar-refractivity contribution >= 4 is 22.6 Å². The molecule has 1 unspecified atom stereocenters. The van der Waals surface area contributed by atoms with E-state index in [9.17, 15) is 0 Å². The van der Waals surface area contributed by atoms with Gasteiger partial charge < -0.3 is 10.4 Å². The van der Waals surface area contributed by atoms with E-state index in [-0.39, 0.29) is 6.10 Å². The van der Waals surface area contributed by atoms with Crippen LogP contribution in [0.4, 0.5) is 0 Å². The smallest absolute Gasteiger partial charge is 0.0636 e. The van der Waals surface area contributed by atoms with E-state index in [0.29, 0.717) is 6.54 Å². The lowest BCUT2D eigenvalue weighted by Crippen LogP contribution is -2.23. The summed E-state index contributed by atoms with van der Waals surface area (Å²) in [6.45, 7) is 3.24. The fourth-order valence-corrected chi connectivity index (χ4v) is 1.39. The van der Waals surface area contributed by atoms with E-state index >= 15 is 0 Å². The molecular weight excluding hydrogens is 277 g/mol. The highest BCUT2D eigenvalue weighted by atomic mass is 127. The van der Waals surface area contributed by atoms with Gasteiger partial charge in [0.25, 0.3) is 0 Å². The number of halogens is 1. The van der Waals surface area contributed by atoms with Crippen LogP contribution in [0.2, 0.25) is 0 Å². The Morgan fingerprint density at radius 1 is 1.38 bits per heavy atom. The second-order valence-electron chi connectivity index (χ2n) is 3.11. The minimum absolute atomic E-state index is 0.274. The van der Waals surface area contributed by atoms with Gasteiger partial charge >= 0.3 is 0 Å². The lowest BCUT2D eigenvalue weighted by molar-refractivity contribution is 0.191. The van der Waals surface area contributed by atoms with Gasteiger partial charge in [-0.05, 0) is 47.2 Å². The van der Waals surface area contributed by atoms with Crippen molar-refractivity contribution < 1.29 is 5.11 Å². The zero-order valence-electron chi connectivity index (χ0n) is 7.63. The number of aliphatic hydroxyl groups excluding tert-OH is 1. The Morgan fingerprint density at radius 3 is 2.54 bits per heavy atom. The second-order valence-corrected chi connectivity index (χ2v) is 4.35. The Bertz CT molecular complexity index is 246. The number of nitrogens with one attached hydrogen (secondary N) is 1. The summed E-state index contributed by atoms with van der Waals surface area (Å²) in [7, 11) is 0. The Hall–Kier alpha value is -0.130. The molecule has 72 valence electrons. The summed E-state index contributed by atoms with van der Waals surface area (Å²) in [4.78, 5) is 0. The van der Waals surface area contributed by atoms with Crippen molar-refractivity contribution in [1.82, 2.24) is 5.32 Å². The van der Waals surface area contributed by atoms with Gasteiger partial charge in [0, 0.05) is 16.7 Å². The Labute approximate surface area is 92.5 Å². The van der Waals surface area contributed by atoms with E-state index in [1.807, 2.05) is 0 Å². The molecule has 0 fully saturated rings. The molecule has 0 spiro atoms. The van der Waals surface area contributed by atoms with Crippen LogP contribution in [0.3, 0.4) is 0 Å². The van der Waals surface area contributed by atoms with E-state index in [4.69, 9.17) is 5.11 Å². The molecule has 1 aromatic rings. The fraction of sp³-hybridized carbons (Fsp3) is 0.400. The highest BCUT2D eigenvalue weighted by molar-refractivity contribution is 14.1. The van der Waals surface area contributed by atoms with Gasteiger partial charge in [0.1, 0.15) is 0 Å². The molecule has 0 aliphatic heterocycles. The molecule has 2 N–H and O–H groups in total. The lowest BCUT2D eigenvalue weighted by Gasteiger charge is -2.06. The van der Waals surface area contributed by atoms with Crippen LogP contribution in [-0.4, -0.2) is 17.8 Å². The third-order valence-corrected chi connectivity index (χ3v) is 2.40. The molecule has 0 radical (unpaired) electrons. The van der Waals surface area contributed by atoms with Crippen molar-refractivity contribution in [3.63, 3.8) is 0 Å². The van der Waals surface area contributed by atoms with Crippen LogP contribution >= 0.6 is 22.6 Å². The van der Waals surface area contributed by atoms with Crippen molar-refractivity contribution in [3.8, 4) is 0 Å². The first-order valence-corrected chi connectivity index (χ1v) is 5.39. The number of rotatable bonds is 4. The number of hydrogen-bond acceptors (Lipinski definition) is 2. The molecule has 0 bridgehead atoms. The van der Waals surface area contributed by atoms with Crippen LogP contribution in [0.1, 0.15) is 12.5 Å². The van der Waals surface area contributed by atoms with Crippen LogP contribution in [-0.2, 0) is 6.54 Å². The van der Waals surface area contributed by atoms with Gasteiger partial charge in [0.15, 0.2) is 0 Å². The highest BCUT2D eigenvalue weighted by Crippen LogP contribution is 2.06. The molecule has 0 aliphatic rings. The Balaban J connectivity index is 2.33. The highest BCUT2D eigenvalue weighted by Gasteiger charge is 1.95. The first-order valence-electron chi connectivity index (χ1n) is 4.31. The molecule has 0 amide bonds. The number of hydrogen-bond donors (Lipinski definition) is 2. The maximum atomic E-state index is 9.01. The predicted molar refractivity (Wildman–Crippen MR) is 62.5 cm³/mol. The maximum absolute atomic E-state index is 9.01. The summed E-state index contributed by atoms with van der Waals surface area (Å²) in [5, 5.41) is 12.2. The molecule has 0 aliphatic carbocycles. The number of aliphatic hydroxyl groups is 1. The third kappa shape index (κ3) is 4.59. The van der Waals surface area contributed by atoms with Gasteiger partial charge in [-0.3, -0.25) is 0 Å². The Kier molecular flexibility index (Phi) is 4.69. The van der Waals surface area contributed by atoms with Crippen LogP contribution in [0.5, 0.6) is 0 Å². The molecule has 2 nitrogen and oxygen atoms in total. The average Bonchev–Trinajstić information content (AvgIpc) is 2.08. The molecule has 3 heteroatoms. The minimum Gasteiger partial charge on any atom is -0.392 e. The molecule has 0 aromatic heterocycles. The van der Waals surface area contributed by atoms with Crippen molar-refractivity contribution in [2.75, 3.05) is 6.54 Å². The molecule has 1 atom stereocenters. The van der Waals surface area contributed by atoms with Gasteiger partial charge in [0.2, 0.25) is 0 Å². The maximum Gasteiger partial charge on any atom is 0.0636 e. The summed E-state index contributed by atoms with van der Waals surface area (Å²) < 4.78 is 1.25. The van der Waals surface area contributed by atoms with Crippen molar-refractivity contribution in [1.29, 1.82) is 0 Å². The monoisotopic (exact) mass is 291 g/mol. The molecular formula is C10H14INO. The number of benzene rings is 1. The molecule has 0 saturated heterocycles. The zero-order valence-corrected chi connectivity index (χ0v) is 9.78. The topological polar surface area (TPSA) is 32.3 Å². The van der Waals surface area contributed by atoms with Gasteiger partial charge in [-0.15, -0.1) is 0 Å². The van der Waals surface area contributed by atoms with E-state index in [1.54, 1.807) is 6.92 Å². The van der Waals surface area contributed by atoms with Gasteiger partial charge in [-0.25, -0.2) is 0 Å². The first-order chi connectivity index (χ1) is 6.18. The van der Waals surface area contributed by atoms with E-state index in [0.717, 1.165) is 6.54 Å². The molecule has 13 heavy (non-hydrogen) atoms. The largest absolute Gasteiger partial charge is 0.392 e. The summed E-state index contributed by atoms with van der Waals surface area (Å²) in [5.74, 6) is 0. The standard InChI is InChI=1S/C10H14INO/c1-8(13)6-12-7-9-2-4-10(11)5-3-9/h2-5,8,12-13H,6-7H2,1H3. The van der Waals surface area contributed by atoms with Gasteiger partial charge in [-0.2, -0.15) is 0 Å². The van der Waals surface area contributed by atoms with Crippen LogP contribution < -0.4 is 5.32 Å². The normalized spacial score (nSPS) is 12.8. The summed E-state index contributed by atoms with van der Waals surface area (Å²) >= 11 is 2.28. The molecule has 1 rings (SSSR count). The molecule has 1 aromatic carbocycles. The Morgan fingerprint density at radius 2 is 2.00 bits per heavy atom. The third-order valence-electron chi connectivity index (χ3n) is 1.68. The van der Waals surface area contributed by atoms with Crippen LogP contribution in [0.15, 0.2) is 24.3 Å². The minimum atomic E-state index is -0.274. The van der Waals surface area contributed by atoms with Crippen molar-refractivity contribution in [2.45, 2.75) is 19.6 Å².